The Bertz CT molecular complexity index is 1370. The Morgan fingerprint density at radius 2 is 1.91 bits per heavy atom. The molecule has 11 N–H and O–H groups in total. The van der Waals surface area contributed by atoms with Gasteiger partial charge in [0, 0.05) is 23.4 Å². The SMILES string of the molecule is NCCS(=O)c1ccc(-c2cccc3sc(C(N)=O)nc23)c(/C(N)=N/NN)c1S(N)(=O)=O. The van der Waals surface area contributed by atoms with Gasteiger partial charge in [-0.05, 0) is 17.7 Å². The lowest BCUT2D eigenvalue weighted by molar-refractivity contribution is 0.1000. The molecule has 1 heterocycles. The molecule has 1 amide bonds. The summed E-state index contributed by atoms with van der Waals surface area (Å²) >= 11 is 1.08. The van der Waals surface area contributed by atoms with Gasteiger partial charge in [0.2, 0.25) is 10.0 Å². The Morgan fingerprint density at radius 3 is 2.50 bits per heavy atom. The van der Waals surface area contributed by atoms with Crippen molar-refractivity contribution in [1.29, 1.82) is 0 Å². The molecular weight excluding hydrogens is 476 g/mol. The van der Waals surface area contributed by atoms with Gasteiger partial charge in [-0.3, -0.25) is 9.00 Å². The van der Waals surface area contributed by atoms with Crippen LogP contribution in [0.15, 0.2) is 45.2 Å². The smallest absolute Gasteiger partial charge is 0.277 e. The number of benzene rings is 2. The van der Waals surface area contributed by atoms with Gasteiger partial charge < -0.3 is 17.2 Å². The first kappa shape index (κ1) is 23.7. The van der Waals surface area contributed by atoms with Crippen LogP contribution in [0.5, 0.6) is 0 Å². The molecule has 0 aliphatic rings. The van der Waals surface area contributed by atoms with Crippen LogP contribution in [0, 0.1) is 0 Å². The van der Waals surface area contributed by atoms with E-state index < -0.39 is 31.6 Å². The Balaban J connectivity index is 2.47. The fraction of sp³-hybridized carbons (Fsp3) is 0.118. The van der Waals surface area contributed by atoms with Crippen molar-refractivity contribution in [3.8, 4) is 11.1 Å². The van der Waals surface area contributed by atoms with Crippen LogP contribution in [0.4, 0.5) is 0 Å². The van der Waals surface area contributed by atoms with Crippen LogP contribution >= 0.6 is 11.3 Å². The van der Waals surface area contributed by atoms with Crippen molar-refractivity contribution >= 4 is 54.1 Å². The average molecular weight is 497 g/mol. The van der Waals surface area contributed by atoms with Crippen LogP contribution in [0.25, 0.3) is 21.3 Å². The van der Waals surface area contributed by atoms with Gasteiger partial charge in [-0.15, -0.1) is 16.4 Å². The summed E-state index contributed by atoms with van der Waals surface area (Å²) < 4.78 is 38.6. The van der Waals surface area contributed by atoms with E-state index in [1.54, 1.807) is 18.2 Å². The highest BCUT2D eigenvalue weighted by Crippen LogP contribution is 2.37. The summed E-state index contributed by atoms with van der Waals surface area (Å²) in [5.41, 5.74) is 19.9. The number of amidine groups is 1. The Kier molecular flexibility index (Phi) is 6.87. The Hall–Kier alpha value is -2.95. The molecule has 12 nitrogen and oxygen atoms in total. The number of hydrogen-bond acceptors (Lipinski definition) is 10. The molecule has 1 aromatic heterocycles. The van der Waals surface area contributed by atoms with E-state index in [2.05, 4.69) is 10.1 Å². The number of amides is 1. The molecule has 0 saturated heterocycles. The number of fused-ring (bicyclic) bond motifs is 1. The second-order valence-electron chi connectivity index (χ2n) is 6.36. The monoisotopic (exact) mass is 496 g/mol. The van der Waals surface area contributed by atoms with Gasteiger partial charge in [0.05, 0.1) is 25.9 Å². The molecule has 3 aromatic rings. The molecule has 0 saturated carbocycles. The summed E-state index contributed by atoms with van der Waals surface area (Å²) in [5.74, 6) is 4.22. The zero-order valence-electron chi connectivity index (χ0n) is 16.4. The lowest BCUT2D eigenvalue weighted by atomic mass is 9.98. The van der Waals surface area contributed by atoms with E-state index in [4.69, 9.17) is 28.2 Å². The van der Waals surface area contributed by atoms with Gasteiger partial charge >= 0.3 is 0 Å². The molecule has 0 radical (unpaired) electrons. The number of aromatic nitrogens is 1. The summed E-state index contributed by atoms with van der Waals surface area (Å²) in [7, 11) is -6.23. The number of primary amides is 1. The highest BCUT2D eigenvalue weighted by Gasteiger charge is 2.28. The lowest BCUT2D eigenvalue weighted by Gasteiger charge is -2.17. The number of carbonyl (C=O) groups is 1. The largest absolute Gasteiger partial charge is 0.382 e. The third kappa shape index (κ3) is 4.47. The minimum atomic E-state index is -4.44. The maximum Gasteiger partial charge on any atom is 0.277 e. The van der Waals surface area contributed by atoms with Crippen molar-refractivity contribution in [2.45, 2.75) is 9.79 Å². The third-order valence-corrected chi connectivity index (χ3v) is 7.91. The lowest BCUT2D eigenvalue weighted by Crippen LogP contribution is -2.28. The average Bonchev–Trinajstić information content (AvgIpc) is 3.17. The molecule has 3 rings (SSSR count). The van der Waals surface area contributed by atoms with Crippen LogP contribution < -0.4 is 33.7 Å². The molecule has 32 heavy (non-hydrogen) atoms. The van der Waals surface area contributed by atoms with Crippen LogP contribution in [0.2, 0.25) is 0 Å². The number of rotatable bonds is 8. The van der Waals surface area contributed by atoms with Gasteiger partial charge in [0.25, 0.3) is 5.91 Å². The predicted molar refractivity (Wildman–Crippen MR) is 123 cm³/mol. The summed E-state index contributed by atoms with van der Waals surface area (Å²) in [6.07, 6.45) is 0. The molecule has 1 unspecified atom stereocenters. The number of sulfonamides is 1. The summed E-state index contributed by atoms with van der Waals surface area (Å²) in [4.78, 5) is 15.3. The molecule has 2 aromatic carbocycles. The predicted octanol–water partition coefficient (Wildman–Crippen LogP) is -1.14. The van der Waals surface area contributed by atoms with Crippen molar-refractivity contribution in [2.75, 3.05) is 12.3 Å². The van der Waals surface area contributed by atoms with E-state index in [0.29, 0.717) is 15.8 Å². The molecular formula is C17H20N8O4S3. The summed E-state index contributed by atoms with van der Waals surface area (Å²) in [5, 5.41) is 9.28. The number of carbonyl (C=O) groups excluding carboxylic acids is 1. The quantitative estimate of drug-likeness (QED) is 0.0954. The normalized spacial score (nSPS) is 13.3. The van der Waals surface area contributed by atoms with Crippen molar-refractivity contribution in [3.05, 3.63) is 40.9 Å². The molecule has 1 atom stereocenters. The molecule has 0 bridgehead atoms. The van der Waals surface area contributed by atoms with Crippen molar-refractivity contribution in [2.24, 2.45) is 33.3 Å². The second kappa shape index (κ2) is 9.27. The van der Waals surface area contributed by atoms with Crippen LogP contribution in [-0.4, -0.2) is 41.7 Å². The van der Waals surface area contributed by atoms with Gasteiger partial charge in [-0.25, -0.2) is 29.9 Å². The molecule has 0 fully saturated rings. The van der Waals surface area contributed by atoms with Gasteiger partial charge in [-0.1, -0.05) is 18.2 Å². The maximum atomic E-state index is 12.7. The molecule has 0 spiro atoms. The Labute approximate surface area is 189 Å². The van der Waals surface area contributed by atoms with Gasteiger partial charge in [0.1, 0.15) is 4.90 Å². The van der Waals surface area contributed by atoms with Crippen LogP contribution in [0.1, 0.15) is 15.4 Å². The molecule has 0 aliphatic heterocycles. The van der Waals surface area contributed by atoms with E-state index >= 15 is 0 Å². The van der Waals surface area contributed by atoms with E-state index in [1.165, 1.54) is 12.1 Å². The van der Waals surface area contributed by atoms with E-state index in [1.807, 2.05) is 5.53 Å². The fourth-order valence-electron chi connectivity index (χ4n) is 3.12. The number of hydrazone groups is 1. The number of nitrogens with one attached hydrogen (secondary N) is 1. The Morgan fingerprint density at radius 1 is 1.19 bits per heavy atom. The maximum absolute atomic E-state index is 12.7. The number of nitrogens with two attached hydrogens (primary N) is 5. The van der Waals surface area contributed by atoms with E-state index in [0.717, 1.165) is 11.3 Å². The standard InChI is InChI=1S/C17H20N8O4S3/c18-6-7-31(27)11-5-4-8(12(15(19)24-25-21)14(11)32(22,28)29)9-2-1-3-10-13(9)23-17(30-10)16(20)26/h1-5,25H,6-7,18,21H2,(H2,19,24)(H2,20,26)(H2,22,28,29). The highest BCUT2D eigenvalue weighted by atomic mass is 32.2. The number of thiazole rings is 1. The number of hydrazine groups is 1. The highest BCUT2D eigenvalue weighted by molar-refractivity contribution is 7.91. The first-order valence-electron chi connectivity index (χ1n) is 8.87. The van der Waals surface area contributed by atoms with Crippen molar-refractivity contribution in [1.82, 2.24) is 10.5 Å². The first-order chi connectivity index (χ1) is 15.1. The van der Waals surface area contributed by atoms with E-state index in [9.17, 15) is 17.4 Å². The topological polar surface area (TPSA) is 236 Å². The molecule has 170 valence electrons. The zero-order valence-corrected chi connectivity index (χ0v) is 18.9. The van der Waals surface area contributed by atoms with Crippen LogP contribution in [0.3, 0.4) is 0 Å². The first-order valence-corrected chi connectivity index (χ1v) is 12.6. The minimum Gasteiger partial charge on any atom is -0.382 e. The number of primary sulfonamides is 1. The van der Waals surface area contributed by atoms with Crippen molar-refractivity contribution < 1.29 is 17.4 Å². The van der Waals surface area contributed by atoms with E-state index in [-0.39, 0.29) is 39.2 Å². The number of nitrogens with zero attached hydrogens (tertiary/aromatic N) is 2. The fourth-order valence-corrected chi connectivity index (χ4v) is 6.40. The molecule has 15 heteroatoms. The minimum absolute atomic E-state index is 0.00284. The third-order valence-electron chi connectivity index (χ3n) is 4.32. The summed E-state index contributed by atoms with van der Waals surface area (Å²) in [6, 6.07) is 7.96. The second-order valence-corrected chi connectivity index (χ2v) is 10.4. The van der Waals surface area contributed by atoms with Crippen molar-refractivity contribution in [3.63, 3.8) is 0 Å². The van der Waals surface area contributed by atoms with Gasteiger partial charge in [0.15, 0.2) is 10.8 Å². The zero-order chi connectivity index (χ0) is 23.6. The summed E-state index contributed by atoms with van der Waals surface area (Å²) in [6.45, 7) is 0.0513. The molecule has 0 aliphatic carbocycles. The number of hydrogen-bond donors (Lipinski definition) is 6. The van der Waals surface area contributed by atoms with Crippen LogP contribution in [-0.2, 0) is 20.8 Å². The van der Waals surface area contributed by atoms with Gasteiger partial charge in [-0.2, -0.15) is 0 Å². The number of para-hydroxylation sites is 1.